The highest BCUT2D eigenvalue weighted by Crippen LogP contribution is 2.19. The predicted octanol–water partition coefficient (Wildman–Crippen LogP) is 1.16. The van der Waals surface area contributed by atoms with Crippen LogP contribution in [0.3, 0.4) is 0 Å². The zero-order valence-electron chi connectivity index (χ0n) is 13.3. The number of carbonyl (C=O) groups is 2. The molecule has 1 aromatic heterocycles. The van der Waals surface area contributed by atoms with Crippen LogP contribution < -0.4 is 11.1 Å². The molecular formula is C17H22N4O2. The lowest BCUT2D eigenvalue weighted by Gasteiger charge is -2.39. The first-order valence-electron chi connectivity index (χ1n) is 7.95. The minimum atomic E-state index is -0.125. The number of nitrogens with one attached hydrogen (secondary N) is 2. The Kier molecular flexibility index (Phi) is 4.34. The van der Waals surface area contributed by atoms with Gasteiger partial charge in [0.05, 0.1) is 6.04 Å². The molecule has 3 rings (SSSR count). The number of H-pyrrole nitrogens is 1. The van der Waals surface area contributed by atoms with Gasteiger partial charge in [0.25, 0.3) is 5.91 Å². The van der Waals surface area contributed by atoms with Gasteiger partial charge in [-0.3, -0.25) is 9.59 Å². The Morgan fingerprint density at radius 1 is 1.39 bits per heavy atom. The second kappa shape index (κ2) is 6.42. The molecule has 6 nitrogen and oxygen atoms in total. The molecule has 122 valence electrons. The molecule has 1 aliphatic rings. The van der Waals surface area contributed by atoms with Gasteiger partial charge in [-0.2, -0.15) is 0 Å². The summed E-state index contributed by atoms with van der Waals surface area (Å²) in [5.41, 5.74) is 8.07. The zero-order chi connectivity index (χ0) is 16.4. The molecule has 0 spiro atoms. The molecule has 1 aliphatic heterocycles. The zero-order valence-corrected chi connectivity index (χ0v) is 13.3. The van der Waals surface area contributed by atoms with Crippen molar-refractivity contribution in [3.05, 3.63) is 35.5 Å². The molecule has 0 unspecified atom stereocenters. The average Bonchev–Trinajstić information content (AvgIpc) is 2.93. The van der Waals surface area contributed by atoms with E-state index in [4.69, 9.17) is 5.73 Å². The summed E-state index contributed by atoms with van der Waals surface area (Å²) in [6.45, 7) is 3.69. The SMILES string of the molecule is Cc1cccc2cc(C(=O)NC3CN(C(=O)CCCN)C3)[nH]c12. The first-order valence-corrected chi connectivity index (χ1v) is 7.95. The molecule has 0 atom stereocenters. The van der Waals surface area contributed by atoms with E-state index >= 15 is 0 Å². The van der Waals surface area contributed by atoms with Crippen LogP contribution in [0.1, 0.15) is 28.9 Å². The number of likely N-dealkylation sites (tertiary alicyclic amines) is 1. The van der Waals surface area contributed by atoms with Crippen LogP contribution in [0.15, 0.2) is 24.3 Å². The molecule has 23 heavy (non-hydrogen) atoms. The van der Waals surface area contributed by atoms with Crippen LogP contribution >= 0.6 is 0 Å². The number of aromatic nitrogens is 1. The Morgan fingerprint density at radius 3 is 2.87 bits per heavy atom. The molecule has 1 aromatic carbocycles. The van der Waals surface area contributed by atoms with Crippen molar-refractivity contribution in [1.29, 1.82) is 0 Å². The van der Waals surface area contributed by atoms with Gasteiger partial charge >= 0.3 is 0 Å². The van der Waals surface area contributed by atoms with Crippen LogP contribution in [0.2, 0.25) is 0 Å². The number of hydrogen-bond acceptors (Lipinski definition) is 3. The molecule has 0 radical (unpaired) electrons. The number of benzene rings is 1. The summed E-state index contributed by atoms with van der Waals surface area (Å²) in [4.78, 5) is 29.0. The monoisotopic (exact) mass is 314 g/mol. The molecule has 0 bridgehead atoms. The lowest BCUT2D eigenvalue weighted by atomic mass is 10.1. The smallest absolute Gasteiger partial charge is 0.268 e. The summed E-state index contributed by atoms with van der Waals surface area (Å²) in [5.74, 6) is -0.0122. The van der Waals surface area contributed by atoms with Gasteiger partial charge in [-0.1, -0.05) is 18.2 Å². The highest BCUT2D eigenvalue weighted by Gasteiger charge is 2.31. The third-order valence-corrected chi connectivity index (χ3v) is 4.27. The highest BCUT2D eigenvalue weighted by atomic mass is 16.2. The lowest BCUT2D eigenvalue weighted by Crippen LogP contribution is -2.61. The third kappa shape index (κ3) is 3.22. The maximum Gasteiger partial charge on any atom is 0.268 e. The van der Waals surface area contributed by atoms with E-state index in [0.717, 1.165) is 16.5 Å². The number of amides is 2. The summed E-state index contributed by atoms with van der Waals surface area (Å²) < 4.78 is 0. The standard InChI is InChI=1S/C17H22N4O2/c1-11-4-2-5-12-8-14(20-16(11)12)17(23)19-13-9-21(10-13)15(22)6-3-7-18/h2,4-5,8,13,20H,3,6-7,9-10,18H2,1H3,(H,19,23). The van der Waals surface area contributed by atoms with Crippen molar-refractivity contribution in [2.24, 2.45) is 5.73 Å². The van der Waals surface area contributed by atoms with E-state index in [2.05, 4.69) is 10.3 Å². The van der Waals surface area contributed by atoms with Crippen molar-refractivity contribution in [2.75, 3.05) is 19.6 Å². The van der Waals surface area contributed by atoms with Crippen LogP contribution in [0, 0.1) is 6.92 Å². The lowest BCUT2D eigenvalue weighted by molar-refractivity contribution is -0.135. The van der Waals surface area contributed by atoms with Crippen LogP contribution in [-0.4, -0.2) is 47.4 Å². The number of carbonyl (C=O) groups excluding carboxylic acids is 2. The molecular weight excluding hydrogens is 292 g/mol. The summed E-state index contributed by atoms with van der Waals surface area (Å²) >= 11 is 0. The van der Waals surface area contributed by atoms with Crippen molar-refractivity contribution >= 4 is 22.7 Å². The van der Waals surface area contributed by atoms with E-state index in [1.54, 1.807) is 4.90 Å². The summed E-state index contributed by atoms with van der Waals surface area (Å²) in [7, 11) is 0. The molecule has 2 amide bonds. The number of aryl methyl sites for hydroxylation is 1. The van der Waals surface area contributed by atoms with Crippen LogP contribution in [0.5, 0.6) is 0 Å². The van der Waals surface area contributed by atoms with E-state index in [0.29, 0.717) is 38.2 Å². The van der Waals surface area contributed by atoms with Gasteiger partial charge in [0.1, 0.15) is 5.69 Å². The minimum Gasteiger partial charge on any atom is -0.350 e. The number of rotatable bonds is 5. The van der Waals surface area contributed by atoms with Gasteiger partial charge in [0.2, 0.25) is 5.91 Å². The molecule has 6 heteroatoms. The van der Waals surface area contributed by atoms with Gasteiger partial charge in [0.15, 0.2) is 0 Å². The number of hydrogen-bond donors (Lipinski definition) is 3. The first-order chi connectivity index (χ1) is 11.1. The number of para-hydroxylation sites is 1. The molecule has 2 heterocycles. The molecule has 4 N–H and O–H groups in total. The maximum absolute atomic E-state index is 12.3. The van der Waals surface area contributed by atoms with Crippen LogP contribution in [-0.2, 0) is 4.79 Å². The Hall–Kier alpha value is -2.34. The third-order valence-electron chi connectivity index (χ3n) is 4.27. The molecule has 1 fully saturated rings. The Labute approximate surface area is 135 Å². The molecule has 0 saturated carbocycles. The van der Waals surface area contributed by atoms with Crippen molar-refractivity contribution in [3.8, 4) is 0 Å². The fraction of sp³-hybridized carbons (Fsp3) is 0.412. The van der Waals surface area contributed by atoms with E-state index in [1.165, 1.54) is 0 Å². The summed E-state index contributed by atoms with van der Waals surface area (Å²) in [6, 6.07) is 7.86. The van der Waals surface area contributed by atoms with Gasteiger partial charge in [0, 0.05) is 30.4 Å². The van der Waals surface area contributed by atoms with E-state index < -0.39 is 0 Å². The quantitative estimate of drug-likeness (QED) is 0.773. The number of nitrogens with two attached hydrogens (primary N) is 1. The van der Waals surface area contributed by atoms with E-state index in [9.17, 15) is 9.59 Å². The fourth-order valence-corrected chi connectivity index (χ4v) is 2.88. The van der Waals surface area contributed by atoms with Crippen molar-refractivity contribution < 1.29 is 9.59 Å². The largest absolute Gasteiger partial charge is 0.350 e. The molecule has 2 aromatic rings. The highest BCUT2D eigenvalue weighted by molar-refractivity contribution is 5.99. The van der Waals surface area contributed by atoms with E-state index in [1.807, 2.05) is 31.2 Å². The normalized spacial score (nSPS) is 14.8. The van der Waals surface area contributed by atoms with Crippen LogP contribution in [0.4, 0.5) is 0 Å². The Bertz CT molecular complexity index is 731. The second-order valence-electron chi connectivity index (χ2n) is 6.08. The van der Waals surface area contributed by atoms with Gasteiger partial charge in [-0.15, -0.1) is 0 Å². The van der Waals surface area contributed by atoms with Crippen molar-refractivity contribution in [2.45, 2.75) is 25.8 Å². The number of aromatic amines is 1. The van der Waals surface area contributed by atoms with Crippen LogP contribution in [0.25, 0.3) is 10.9 Å². The minimum absolute atomic E-state index is 0.0248. The first kappa shape index (κ1) is 15.6. The Balaban J connectivity index is 1.56. The van der Waals surface area contributed by atoms with Crippen molar-refractivity contribution in [3.63, 3.8) is 0 Å². The Morgan fingerprint density at radius 2 is 2.17 bits per heavy atom. The van der Waals surface area contributed by atoms with E-state index in [-0.39, 0.29) is 17.9 Å². The summed E-state index contributed by atoms with van der Waals surface area (Å²) in [6.07, 6.45) is 1.19. The maximum atomic E-state index is 12.3. The van der Waals surface area contributed by atoms with Gasteiger partial charge < -0.3 is 20.9 Å². The topological polar surface area (TPSA) is 91.2 Å². The number of nitrogens with zero attached hydrogens (tertiary/aromatic N) is 1. The summed E-state index contributed by atoms with van der Waals surface area (Å²) in [5, 5.41) is 4.00. The second-order valence-corrected chi connectivity index (χ2v) is 6.08. The predicted molar refractivity (Wildman–Crippen MR) is 89.2 cm³/mol. The number of fused-ring (bicyclic) bond motifs is 1. The molecule has 1 saturated heterocycles. The molecule has 0 aliphatic carbocycles. The van der Waals surface area contributed by atoms with Crippen molar-refractivity contribution in [1.82, 2.24) is 15.2 Å². The average molecular weight is 314 g/mol. The van der Waals surface area contributed by atoms with Gasteiger partial charge in [-0.05, 0) is 31.5 Å². The van der Waals surface area contributed by atoms with Gasteiger partial charge in [-0.25, -0.2) is 0 Å². The fourth-order valence-electron chi connectivity index (χ4n) is 2.88.